The Morgan fingerprint density at radius 2 is 1.41 bits per heavy atom. The monoisotopic (exact) mass is 337 g/mol. The number of carbonyl (C=O) groups is 2. The van der Waals surface area contributed by atoms with Gasteiger partial charge in [-0.3, -0.25) is 14.2 Å². The normalized spacial score (nSPS) is 14.2. The molecule has 0 aromatic rings. The van der Waals surface area contributed by atoms with E-state index in [1.807, 2.05) is 0 Å². The van der Waals surface area contributed by atoms with E-state index in [0.717, 1.165) is 0 Å². The smallest absolute Gasteiger partial charge is 0.323 e. The van der Waals surface area contributed by atoms with E-state index in [4.69, 9.17) is 9.47 Å². The molecule has 0 bridgehead atoms. The maximum Gasteiger partial charge on any atom is 0.323 e. The lowest BCUT2D eigenvalue weighted by atomic mass is 10.4. The first-order chi connectivity index (χ1) is 10.3. The summed E-state index contributed by atoms with van der Waals surface area (Å²) in [5.74, 6) is -0.976. The van der Waals surface area contributed by atoms with Gasteiger partial charge < -0.3 is 14.8 Å². The van der Waals surface area contributed by atoms with Crippen LogP contribution < -0.4 is 15.5 Å². The van der Waals surface area contributed by atoms with Crippen molar-refractivity contribution >= 4 is 19.4 Å². The lowest BCUT2D eigenvalue weighted by Crippen LogP contribution is -2.43. The zero-order valence-electron chi connectivity index (χ0n) is 14.0. The van der Waals surface area contributed by atoms with E-state index in [1.54, 1.807) is 34.7 Å². The van der Waals surface area contributed by atoms with Crippen LogP contribution in [-0.2, 0) is 23.6 Å². The van der Waals surface area contributed by atoms with E-state index < -0.39 is 31.5 Å². The van der Waals surface area contributed by atoms with Gasteiger partial charge in [-0.15, -0.1) is 0 Å². The molecule has 0 saturated carbocycles. The van der Waals surface area contributed by atoms with Gasteiger partial charge in [0, 0.05) is 12.7 Å². The van der Waals surface area contributed by atoms with E-state index in [2.05, 4.69) is 15.5 Å². The molecule has 3 N–H and O–H groups in total. The minimum atomic E-state index is -3.17. The summed E-state index contributed by atoms with van der Waals surface area (Å²) in [5, 5.41) is 8.42. The topological polar surface area (TPSA) is 106 Å². The highest BCUT2D eigenvalue weighted by Gasteiger charge is 2.31. The summed E-state index contributed by atoms with van der Waals surface area (Å²) in [4.78, 5) is 23.4. The van der Waals surface area contributed by atoms with Crippen molar-refractivity contribution in [3.63, 3.8) is 0 Å². The molecular weight excluding hydrogens is 309 g/mol. The third-order valence-electron chi connectivity index (χ3n) is 2.76. The van der Waals surface area contributed by atoms with E-state index >= 15 is 0 Å². The van der Waals surface area contributed by atoms with Crippen molar-refractivity contribution in [3.05, 3.63) is 0 Å². The molecule has 0 aliphatic heterocycles. The summed E-state index contributed by atoms with van der Waals surface area (Å²) in [6, 6.07) is -1.49. The Balaban J connectivity index is 4.87. The first kappa shape index (κ1) is 21.0. The second-order valence-electron chi connectivity index (χ2n) is 4.77. The standard InChI is InChI=1S/C13H28N3O5P/c1-6-20-12(17)10(3)15-22(19,9-8-14-5)16-11(4)13(18)21-7-2/h10-11,14H,6-9H2,1-5H3,(H2,15,16,19)/t10-,11-/m0/s1. The Morgan fingerprint density at radius 3 is 1.73 bits per heavy atom. The number of ether oxygens (including phenoxy) is 2. The van der Waals surface area contributed by atoms with Crippen LogP contribution in [0.25, 0.3) is 0 Å². The lowest BCUT2D eigenvalue weighted by molar-refractivity contribution is -0.145. The average Bonchev–Trinajstić information content (AvgIpc) is 2.45. The van der Waals surface area contributed by atoms with Crippen molar-refractivity contribution in [2.75, 3.05) is 33.0 Å². The van der Waals surface area contributed by atoms with Crippen LogP contribution in [0.4, 0.5) is 0 Å². The molecule has 0 aromatic heterocycles. The Kier molecular flexibility index (Phi) is 10.3. The fourth-order valence-electron chi connectivity index (χ4n) is 1.70. The van der Waals surface area contributed by atoms with Crippen molar-refractivity contribution in [2.24, 2.45) is 0 Å². The number of carbonyl (C=O) groups excluding carboxylic acids is 2. The minimum absolute atomic E-state index is 0.233. The zero-order chi connectivity index (χ0) is 17.2. The molecule has 2 atom stereocenters. The van der Waals surface area contributed by atoms with Gasteiger partial charge in [0.2, 0.25) is 7.44 Å². The molecular formula is C13H28N3O5P. The predicted octanol–water partition coefficient (Wildman–Crippen LogP) is 0.481. The number of nitrogens with one attached hydrogen (secondary N) is 3. The molecule has 0 aliphatic rings. The molecule has 9 heteroatoms. The Labute approximate surface area is 132 Å². The van der Waals surface area contributed by atoms with E-state index in [9.17, 15) is 14.2 Å². The summed E-state index contributed by atoms with van der Waals surface area (Å²) in [6.45, 7) is 7.50. The number of rotatable bonds is 11. The summed E-state index contributed by atoms with van der Waals surface area (Å²) >= 11 is 0. The molecule has 0 saturated heterocycles. The molecule has 0 unspecified atom stereocenters. The maximum absolute atomic E-state index is 12.9. The first-order valence-corrected chi connectivity index (χ1v) is 9.31. The second kappa shape index (κ2) is 10.7. The number of hydrogen-bond donors (Lipinski definition) is 3. The summed E-state index contributed by atoms with van der Waals surface area (Å²) in [6.07, 6.45) is 0.233. The van der Waals surface area contributed by atoms with Gasteiger partial charge in [-0.25, -0.2) is 10.2 Å². The molecule has 0 amide bonds. The molecule has 130 valence electrons. The van der Waals surface area contributed by atoms with Gasteiger partial charge in [-0.2, -0.15) is 0 Å². The Bertz CT molecular complexity index is 375. The van der Waals surface area contributed by atoms with Gasteiger partial charge in [0.05, 0.1) is 13.2 Å². The van der Waals surface area contributed by atoms with Crippen molar-refractivity contribution in [3.8, 4) is 0 Å². The summed E-state index contributed by atoms with van der Waals surface area (Å²) in [5.41, 5.74) is 0. The molecule has 0 aliphatic carbocycles. The van der Waals surface area contributed by atoms with Crippen LogP contribution in [0.5, 0.6) is 0 Å². The summed E-state index contributed by atoms with van der Waals surface area (Å²) in [7, 11) is -1.44. The van der Waals surface area contributed by atoms with Crippen LogP contribution >= 0.6 is 7.44 Å². The van der Waals surface area contributed by atoms with Crippen molar-refractivity contribution in [2.45, 2.75) is 39.8 Å². The molecule has 0 fully saturated rings. The minimum Gasteiger partial charge on any atom is -0.465 e. The SMILES string of the molecule is CCOC(=O)[C@H](C)NP(=O)(CCNC)N[C@@H](C)C(=O)OCC. The second-order valence-corrected chi connectivity index (χ2v) is 7.22. The molecule has 0 heterocycles. The highest BCUT2D eigenvalue weighted by atomic mass is 31.2. The molecule has 0 rings (SSSR count). The number of esters is 2. The van der Waals surface area contributed by atoms with Crippen LogP contribution in [-0.4, -0.2) is 57.0 Å². The quantitative estimate of drug-likeness (QED) is 0.369. The van der Waals surface area contributed by atoms with E-state index in [-0.39, 0.29) is 19.4 Å². The fraction of sp³-hybridized carbons (Fsp3) is 0.846. The highest BCUT2D eigenvalue weighted by Crippen LogP contribution is 2.36. The highest BCUT2D eigenvalue weighted by molar-refractivity contribution is 7.60. The maximum atomic E-state index is 12.9. The van der Waals surface area contributed by atoms with Gasteiger partial charge in [0.15, 0.2) is 0 Å². The molecule has 0 radical (unpaired) electrons. The largest absolute Gasteiger partial charge is 0.465 e. The van der Waals surface area contributed by atoms with E-state index in [0.29, 0.717) is 6.54 Å². The summed E-state index contributed by atoms with van der Waals surface area (Å²) < 4.78 is 22.7. The van der Waals surface area contributed by atoms with E-state index in [1.165, 1.54) is 0 Å². The molecule has 0 spiro atoms. The van der Waals surface area contributed by atoms with Crippen molar-refractivity contribution in [1.29, 1.82) is 0 Å². The molecule has 22 heavy (non-hydrogen) atoms. The predicted molar refractivity (Wildman–Crippen MR) is 84.9 cm³/mol. The molecule has 0 aromatic carbocycles. The van der Waals surface area contributed by atoms with Crippen molar-refractivity contribution in [1.82, 2.24) is 15.5 Å². The van der Waals surface area contributed by atoms with Gasteiger partial charge in [-0.05, 0) is 34.7 Å². The molecule has 8 nitrogen and oxygen atoms in total. The van der Waals surface area contributed by atoms with Crippen LogP contribution in [0.2, 0.25) is 0 Å². The zero-order valence-corrected chi connectivity index (χ0v) is 14.9. The van der Waals surface area contributed by atoms with Crippen molar-refractivity contribution < 1.29 is 23.6 Å². The lowest BCUT2D eigenvalue weighted by Gasteiger charge is -2.26. The Morgan fingerprint density at radius 1 is 1.00 bits per heavy atom. The average molecular weight is 337 g/mol. The van der Waals surface area contributed by atoms with Crippen LogP contribution in [0.1, 0.15) is 27.7 Å². The van der Waals surface area contributed by atoms with Gasteiger partial charge in [0.25, 0.3) is 0 Å². The van der Waals surface area contributed by atoms with Crippen LogP contribution in [0, 0.1) is 0 Å². The Hall–Kier alpha value is -0.950. The number of hydrogen-bond acceptors (Lipinski definition) is 6. The van der Waals surface area contributed by atoms with Crippen LogP contribution in [0.15, 0.2) is 0 Å². The fourth-order valence-corrected chi connectivity index (χ4v) is 4.03. The van der Waals surface area contributed by atoms with Gasteiger partial charge in [-0.1, -0.05) is 0 Å². The first-order valence-electron chi connectivity index (χ1n) is 7.42. The van der Waals surface area contributed by atoms with Crippen LogP contribution in [0.3, 0.4) is 0 Å². The third-order valence-corrected chi connectivity index (χ3v) is 5.22. The van der Waals surface area contributed by atoms with Gasteiger partial charge >= 0.3 is 11.9 Å². The third kappa shape index (κ3) is 7.89. The van der Waals surface area contributed by atoms with Gasteiger partial charge in [0.1, 0.15) is 12.1 Å².